The Labute approximate surface area is 221 Å². The first-order valence-corrected chi connectivity index (χ1v) is 12.9. The van der Waals surface area contributed by atoms with Crippen molar-refractivity contribution < 1.29 is 9.53 Å². The van der Waals surface area contributed by atoms with Crippen LogP contribution in [0.2, 0.25) is 5.02 Å². The van der Waals surface area contributed by atoms with Crippen molar-refractivity contribution in [2.24, 2.45) is 11.7 Å². The van der Waals surface area contributed by atoms with Crippen molar-refractivity contribution in [3.63, 3.8) is 0 Å². The smallest absolute Gasteiger partial charge is 0.252 e. The molecule has 0 aliphatic heterocycles. The monoisotopic (exact) mass is 515 g/mol. The Morgan fingerprint density at radius 3 is 2.49 bits per heavy atom. The number of hydrogen-bond acceptors (Lipinski definition) is 6. The number of halogens is 1. The summed E-state index contributed by atoms with van der Waals surface area (Å²) in [4.78, 5) is 21.4. The topological polar surface area (TPSA) is 102 Å². The quantitative estimate of drug-likeness (QED) is 0.253. The molecule has 0 radical (unpaired) electrons. The molecule has 3 aromatic carbocycles. The maximum Gasteiger partial charge on any atom is 0.252 e. The summed E-state index contributed by atoms with van der Waals surface area (Å²) in [6.45, 7) is 0. The van der Waals surface area contributed by atoms with Crippen molar-refractivity contribution in [3.05, 3.63) is 82.9 Å². The summed E-state index contributed by atoms with van der Waals surface area (Å²) in [5.41, 5.74) is 8.79. The second kappa shape index (κ2) is 11.0. The Hall–Kier alpha value is -3.84. The Bertz CT molecular complexity index is 1400. The van der Waals surface area contributed by atoms with Crippen LogP contribution in [0.3, 0.4) is 0 Å². The summed E-state index contributed by atoms with van der Waals surface area (Å²) < 4.78 is 5.53. The number of nitrogens with two attached hydrogens (primary N) is 1. The summed E-state index contributed by atoms with van der Waals surface area (Å²) >= 11 is 6.05. The van der Waals surface area contributed by atoms with E-state index in [9.17, 15) is 4.79 Å². The van der Waals surface area contributed by atoms with Crippen molar-refractivity contribution in [3.8, 4) is 5.75 Å². The number of anilines is 3. The van der Waals surface area contributed by atoms with E-state index in [1.807, 2.05) is 60.7 Å². The van der Waals surface area contributed by atoms with E-state index in [1.165, 1.54) is 0 Å². The van der Waals surface area contributed by atoms with E-state index in [0.29, 0.717) is 34.2 Å². The summed E-state index contributed by atoms with van der Waals surface area (Å²) in [5.74, 6) is 2.02. The maximum absolute atomic E-state index is 11.8. The number of para-hydroxylation sites is 2. The number of rotatable bonds is 8. The Morgan fingerprint density at radius 1 is 1.00 bits per heavy atom. The van der Waals surface area contributed by atoms with Crippen molar-refractivity contribution in [1.29, 1.82) is 0 Å². The highest BCUT2D eigenvalue weighted by Crippen LogP contribution is 2.33. The van der Waals surface area contributed by atoms with Gasteiger partial charge in [-0.05, 0) is 86.1 Å². The third kappa shape index (κ3) is 5.78. The molecule has 5 rings (SSSR count). The van der Waals surface area contributed by atoms with Crippen LogP contribution in [0.1, 0.15) is 41.6 Å². The number of nitrogens with one attached hydrogen (secondary N) is 2. The van der Waals surface area contributed by atoms with Gasteiger partial charge in [0.15, 0.2) is 0 Å². The first-order chi connectivity index (χ1) is 18.0. The Balaban J connectivity index is 1.27. The molecule has 190 valence electrons. The van der Waals surface area contributed by atoms with Crippen LogP contribution in [0.5, 0.6) is 5.75 Å². The van der Waals surface area contributed by atoms with Gasteiger partial charge in [-0.1, -0.05) is 35.9 Å². The highest BCUT2D eigenvalue weighted by molar-refractivity contribution is 6.30. The van der Waals surface area contributed by atoms with Crippen LogP contribution >= 0.6 is 11.6 Å². The lowest BCUT2D eigenvalue weighted by molar-refractivity contribution is 0.0997. The average molecular weight is 516 g/mol. The Morgan fingerprint density at radius 2 is 1.76 bits per heavy atom. The van der Waals surface area contributed by atoms with E-state index in [1.54, 1.807) is 13.2 Å². The van der Waals surface area contributed by atoms with Gasteiger partial charge in [-0.25, -0.2) is 4.98 Å². The molecule has 1 saturated carbocycles. The van der Waals surface area contributed by atoms with E-state index >= 15 is 0 Å². The lowest BCUT2D eigenvalue weighted by Crippen LogP contribution is -2.28. The minimum Gasteiger partial charge on any atom is -0.496 e. The minimum atomic E-state index is -0.466. The van der Waals surface area contributed by atoms with Crippen molar-refractivity contribution in [2.45, 2.75) is 38.1 Å². The highest BCUT2D eigenvalue weighted by Gasteiger charge is 2.24. The largest absolute Gasteiger partial charge is 0.496 e. The van der Waals surface area contributed by atoms with E-state index in [2.05, 4.69) is 10.6 Å². The zero-order chi connectivity index (χ0) is 25.8. The zero-order valence-corrected chi connectivity index (χ0v) is 21.5. The van der Waals surface area contributed by atoms with Crippen molar-refractivity contribution >= 4 is 45.9 Å². The molecule has 1 aliphatic rings. The highest BCUT2D eigenvalue weighted by atomic mass is 35.5. The number of ether oxygens (including phenoxy) is 1. The molecule has 7 nitrogen and oxygen atoms in total. The lowest BCUT2D eigenvalue weighted by atomic mass is 9.82. The maximum atomic E-state index is 11.8. The number of nitrogens with zero attached hydrogens (tertiary/aromatic N) is 2. The van der Waals surface area contributed by atoms with Gasteiger partial charge in [0.1, 0.15) is 11.6 Å². The first kappa shape index (κ1) is 24.8. The fourth-order valence-corrected chi connectivity index (χ4v) is 5.22. The number of primary amides is 1. The van der Waals surface area contributed by atoms with Crippen LogP contribution in [0, 0.1) is 5.92 Å². The molecule has 0 spiro atoms. The molecule has 8 heteroatoms. The van der Waals surface area contributed by atoms with Crippen LogP contribution in [-0.2, 0) is 6.42 Å². The van der Waals surface area contributed by atoms with E-state index in [4.69, 9.17) is 32.0 Å². The average Bonchev–Trinajstić information content (AvgIpc) is 2.91. The van der Waals surface area contributed by atoms with Gasteiger partial charge in [0.2, 0.25) is 5.95 Å². The number of methoxy groups -OCH3 is 1. The van der Waals surface area contributed by atoms with Crippen LogP contribution in [0.4, 0.5) is 17.5 Å². The fourth-order valence-electron chi connectivity index (χ4n) is 5.09. The van der Waals surface area contributed by atoms with Gasteiger partial charge in [0.05, 0.1) is 18.2 Å². The summed E-state index contributed by atoms with van der Waals surface area (Å²) in [5, 5.41) is 8.63. The number of carbonyl (C=O) groups is 1. The molecule has 37 heavy (non-hydrogen) atoms. The standard InChI is InChI=1S/C29H30ClN5O2/c1-37-26-19(5-4-7-24(26)27(31)36)17-18-9-13-22(14-10-18)33-29-34-25-8-3-2-6-23(25)28(35-29)32-21-15-11-20(30)12-16-21/h2-8,11-12,15-16,18,22H,9-10,13-14,17H2,1H3,(H2,31,36)(H2,32,33,34,35)/t18-,22-. The van der Waals surface area contributed by atoms with Crippen molar-refractivity contribution in [1.82, 2.24) is 9.97 Å². The fraction of sp³-hybridized carbons (Fsp3) is 0.276. The number of carbonyl (C=O) groups excluding carboxylic acids is 1. The zero-order valence-electron chi connectivity index (χ0n) is 20.7. The van der Waals surface area contributed by atoms with Crippen LogP contribution in [0.25, 0.3) is 10.9 Å². The molecule has 0 unspecified atom stereocenters. The predicted octanol–water partition coefficient (Wildman–Crippen LogP) is 6.35. The van der Waals surface area contributed by atoms with E-state index in [-0.39, 0.29) is 0 Å². The molecule has 0 saturated heterocycles. The van der Waals surface area contributed by atoms with Gasteiger partial charge in [0, 0.05) is 22.1 Å². The Kier molecular flexibility index (Phi) is 7.42. The molecule has 1 fully saturated rings. The third-order valence-corrected chi connectivity index (χ3v) is 7.22. The van der Waals surface area contributed by atoms with Gasteiger partial charge in [0.25, 0.3) is 5.91 Å². The van der Waals surface area contributed by atoms with Gasteiger partial charge in [-0.2, -0.15) is 4.98 Å². The molecule has 1 heterocycles. The van der Waals surface area contributed by atoms with Gasteiger partial charge in [-0.15, -0.1) is 0 Å². The van der Waals surface area contributed by atoms with Gasteiger partial charge >= 0.3 is 0 Å². The molecule has 4 aromatic rings. The molecule has 1 aliphatic carbocycles. The number of aromatic nitrogens is 2. The van der Waals surface area contributed by atoms with E-state index in [0.717, 1.165) is 60.1 Å². The molecule has 4 N–H and O–H groups in total. The van der Waals surface area contributed by atoms with Crippen molar-refractivity contribution in [2.75, 3.05) is 17.7 Å². The molecular formula is C29H30ClN5O2. The third-order valence-electron chi connectivity index (χ3n) is 6.96. The number of hydrogen-bond donors (Lipinski definition) is 3. The predicted molar refractivity (Wildman–Crippen MR) is 149 cm³/mol. The van der Waals surface area contributed by atoms with Gasteiger partial charge < -0.3 is 21.1 Å². The molecule has 1 aromatic heterocycles. The number of benzene rings is 3. The van der Waals surface area contributed by atoms with E-state index < -0.39 is 5.91 Å². The molecule has 1 amide bonds. The van der Waals surface area contributed by atoms with Crippen LogP contribution in [-0.4, -0.2) is 29.0 Å². The molecule has 0 atom stereocenters. The molecule has 0 bridgehead atoms. The van der Waals surface area contributed by atoms with Gasteiger partial charge in [-0.3, -0.25) is 4.79 Å². The lowest BCUT2D eigenvalue weighted by Gasteiger charge is -2.29. The summed E-state index contributed by atoms with van der Waals surface area (Å²) in [7, 11) is 1.59. The minimum absolute atomic E-state index is 0.291. The number of fused-ring (bicyclic) bond motifs is 1. The number of amides is 1. The van der Waals surface area contributed by atoms with Crippen LogP contribution in [0.15, 0.2) is 66.7 Å². The second-order valence-corrected chi connectivity index (χ2v) is 9.91. The summed E-state index contributed by atoms with van der Waals surface area (Å²) in [6.07, 6.45) is 5.01. The summed E-state index contributed by atoms with van der Waals surface area (Å²) in [6, 6.07) is 21.5. The van der Waals surface area contributed by atoms with Crippen LogP contribution < -0.4 is 21.1 Å². The second-order valence-electron chi connectivity index (χ2n) is 9.47. The first-order valence-electron chi connectivity index (χ1n) is 12.5. The SMILES string of the molecule is COc1c(C[C@H]2CC[C@H](Nc3nc(Nc4ccc(Cl)cc4)c4ccccc4n3)CC2)cccc1C(N)=O. The molecular weight excluding hydrogens is 486 g/mol. The normalized spacial score (nSPS) is 17.4.